The fraction of sp³-hybridized carbons (Fsp3) is 0.455. The lowest BCUT2D eigenvalue weighted by molar-refractivity contribution is 0.0720. The minimum Gasteiger partial charge on any atom is -0.392 e. The predicted molar refractivity (Wildman–Crippen MR) is 56.1 cm³/mol. The van der Waals surface area contributed by atoms with Crippen LogP contribution in [0, 0.1) is 0 Å². The molecule has 0 saturated carbocycles. The van der Waals surface area contributed by atoms with Crippen molar-refractivity contribution in [3.63, 3.8) is 0 Å². The average Bonchev–Trinajstić information content (AvgIpc) is 2.30. The second-order valence-corrected chi connectivity index (χ2v) is 3.37. The first-order valence-corrected chi connectivity index (χ1v) is 4.77. The van der Waals surface area contributed by atoms with E-state index in [0.29, 0.717) is 0 Å². The summed E-state index contributed by atoms with van der Waals surface area (Å²) in [5, 5.41) is 8.86. The van der Waals surface area contributed by atoms with Crippen LogP contribution in [0.4, 0.5) is 4.39 Å². The zero-order valence-electron chi connectivity index (χ0n) is 8.69. The van der Waals surface area contributed by atoms with Crippen molar-refractivity contribution in [1.82, 2.24) is 0 Å². The highest BCUT2D eigenvalue weighted by molar-refractivity contribution is 5.24. The van der Waals surface area contributed by atoms with Crippen molar-refractivity contribution in [3.05, 3.63) is 35.4 Å². The first kappa shape index (κ1) is 12.1. The normalized spacial score (nSPS) is 14.9. The summed E-state index contributed by atoms with van der Waals surface area (Å²) in [6.07, 6.45) is -0.442. The van der Waals surface area contributed by atoms with Gasteiger partial charge in [-0.25, -0.2) is 4.39 Å². The van der Waals surface area contributed by atoms with Crippen LogP contribution >= 0.6 is 0 Å². The maximum Gasteiger partial charge on any atom is 0.107 e. The molecule has 15 heavy (non-hydrogen) atoms. The molecule has 3 N–H and O–H groups in total. The molecule has 4 heteroatoms. The van der Waals surface area contributed by atoms with Crippen LogP contribution in [0.5, 0.6) is 0 Å². The largest absolute Gasteiger partial charge is 0.392 e. The number of halogens is 1. The van der Waals surface area contributed by atoms with Gasteiger partial charge in [0.1, 0.15) is 6.67 Å². The molecule has 0 bridgehead atoms. The molecule has 1 aromatic rings. The molecule has 0 aliphatic carbocycles. The van der Waals surface area contributed by atoms with Crippen molar-refractivity contribution in [2.75, 3.05) is 13.8 Å². The Morgan fingerprint density at radius 2 is 2.00 bits per heavy atom. The minimum atomic E-state index is -0.657. The van der Waals surface area contributed by atoms with Gasteiger partial charge >= 0.3 is 0 Å². The predicted octanol–water partition coefficient (Wildman–Crippen LogP) is 1.16. The molecule has 0 aliphatic rings. The van der Waals surface area contributed by atoms with Crippen LogP contribution in [0.2, 0.25) is 0 Å². The van der Waals surface area contributed by atoms with Crippen LogP contribution in [0.25, 0.3) is 0 Å². The molecule has 0 aliphatic heterocycles. The summed E-state index contributed by atoms with van der Waals surface area (Å²) in [4.78, 5) is 0. The van der Waals surface area contributed by atoms with E-state index in [2.05, 4.69) is 0 Å². The lowest BCUT2D eigenvalue weighted by Gasteiger charge is -2.20. The zero-order valence-corrected chi connectivity index (χ0v) is 8.69. The molecule has 0 heterocycles. The Bertz CT molecular complexity index is 289. The minimum absolute atomic E-state index is 0.00685. The van der Waals surface area contributed by atoms with Crippen LogP contribution in [0.15, 0.2) is 24.3 Å². The van der Waals surface area contributed by atoms with Gasteiger partial charge in [0, 0.05) is 7.11 Å². The van der Waals surface area contributed by atoms with Gasteiger partial charge in [0.15, 0.2) is 0 Å². The van der Waals surface area contributed by atoms with E-state index in [9.17, 15) is 4.39 Å². The number of aliphatic hydroxyl groups excluding tert-OH is 1. The molecule has 0 radical (unpaired) electrons. The summed E-state index contributed by atoms with van der Waals surface area (Å²) < 4.78 is 17.5. The fourth-order valence-corrected chi connectivity index (χ4v) is 1.45. The zero-order chi connectivity index (χ0) is 11.3. The Morgan fingerprint density at radius 3 is 2.40 bits per heavy atom. The number of nitrogens with two attached hydrogens (primary N) is 1. The number of rotatable bonds is 5. The summed E-state index contributed by atoms with van der Waals surface area (Å²) >= 11 is 0. The van der Waals surface area contributed by atoms with Crippen LogP contribution in [-0.4, -0.2) is 24.9 Å². The summed E-state index contributed by atoms with van der Waals surface area (Å²) in [5.41, 5.74) is 7.21. The van der Waals surface area contributed by atoms with E-state index in [1.54, 1.807) is 24.3 Å². The third-order valence-corrected chi connectivity index (χ3v) is 2.31. The second kappa shape index (κ2) is 5.80. The molecular formula is C11H16FNO2. The van der Waals surface area contributed by atoms with Gasteiger partial charge in [-0.2, -0.15) is 0 Å². The Balaban J connectivity index is 2.83. The van der Waals surface area contributed by atoms with E-state index in [-0.39, 0.29) is 6.61 Å². The number of methoxy groups -OCH3 is 1. The van der Waals surface area contributed by atoms with Gasteiger partial charge in [-0.3, -0.25) is 0 Å². The summed E-state index contributed by atoms with van der Waals surface area (Å²) in [7, 11) is 1.50. The Labute approximate surface area is 88.7 Å². The van der Waals surface area contributed by atoms with Gasteiger partial charge < -0.3 is 15.6 Å². The van der Waals surface area contributed by atoms with Crippen LogP contribution in [0.3, 0.4) is 0 Å². The maximum atomic E-state index is 12.4. The highest BCUT2D eigenvalue weighted by Crippen LogP contribution is 2.20. The Morgan fingerprint density at radius 1 is 1.40 bits per heavy atom. The molecule has 3 nitrogen and oxygen atoms in total. The van der Waals surface area contributed by atoms with Crippen molar-refractivity contribution < 1.29 is 14.2 Å². The van der Waals surface area contributed by atoms with E-state index < -0.39 is 18.8 Å². The molecule has 0 saturated heterocycles. The topological polar surface area (TPSA) is 55.5 Å². The van der Waals surface area contributed by atoms with Crippen molar-refractivity contribution in [1.29, 1.82) is 0 Å². The van der Waals surface area contributed by atoms with Gasteiger partial charge in [-0.05, 0) is 11.1 Å². The molecule has 0 spiro atoms. The molecule has 0 amide bonds. The van der Waals surface area contributed by atoms with Crippen LogP contribution in [-0.2, 0) is 11.3 Å². The highest BCUT2D eigenvalue weighted by atomic mass is 19.1. The molecule has 2 atom stereocenters. The van der Waals surface area contributed by atoms with Crippen molar-refractivity contribution >= 4 is 0 Å². The van der Waals surface area contributed by atoms with E-state index in [1.807, 2.05) is 0 Å². The number of ether oxygens (including phenoxy) is 1. The first-order chi connectivity index (χ1) is 7.22. The van der Waals surface area contributed by atoms with Crippen LogP contribution < -0.4 is 5.73 Å². The number of benzene rings is 1. The van der Waals surface area contributed by atoms with Gasteiger partial charge in [0.05, 0.1) is 18.8 Å². The van der Waals surface area contributed by atoms with E-state index in [4.69, 9.17) is 15.6 Å². The van der Waals surface area contributed by atoms with E-state index >= 15 is 0 Å². The van der Waals surface area contributed by atoms with Crippen molar-refractivity contribution in [2.45, 2.75) is 18.8 Å². The molecule has 0 aromatic heterocycles. The molecule has 1 rings (SSSR count). The van der Waals surface area contributed by atoms with Gasteiger partial charge in [-0.1, -0.05) is 24.3 Å². The number of alkyl halides is 1. The Hall–Kier alpha value is -0.970. The monoisotopic (exact) mass is 213 g/mol. The maximum absolute atomic E-state index is 12.4. The van der Waals surface area contributed by atoms with Crippen LogP contribution in [0.1, 0.15) is 17.2 Å². The summed E-state index contributed by atoms with van der Waals surface area (Å²) in [6.45, 7) is -0.632. The van der Waals surface area contributed by atoms with Crippen molar-refractivity contribution in [2.24, 2.45) is 5.73 Å². The fourth-order valence-electron chi connectivity index (χ4n) is 1.45. The second-order valence-electron chi connectivity index (χ2n) is 3.37. The highest BCUT2D eigenvalue weighted by Gasteiger charge is 2.18. The number of hydrogen-bond donors (Lipinski definition) is 2. The van der Waals surface area contributed by atoms with E-state index in [0.717, 1.165) is 11.1 Å². The molecule has 1 aromatic carbocycles. The van der Waals surface area contributed by atoms with Gasteiger partial charge in [0.25, 0.3) is 0 Å². The lowest BCUT2D eigenvalue weighted by atomic mass is 10.0. The van der Waals surface area contributed by atoms with Gasteiger partial charge in [-0.15, -0.1) is 0 Å². The average molecular weight is 213 g/mol. The lowest BCUT2D eigenvalue weighted by Crippen LogP contribution is -2.31. The third kappa shape index (κ3) is 2.99. The first-order valence-electron chi connectivity index (χ1n) is 4.77. The standard InChI is InChI=1S/C11H16FNO2/c1-15-11(10(13)6-12)9-4-2-8(7-14)3-5-9/h2-5,10-11,14H,6-7,13H2,1H3. The van der Waals surface area contributed by atoms with E-state index in [1.165, 1.54) is 7.11 Å². The SMILES string of the molecule is COC(c1ccc(CO)cc1)C(N)CF. The van der Waals surface area contributed by atoms with Crippen molar-refractivity contribution in [3.8, 4) is 0 Å². The number of aliphatic hydroxyl groups is 1. The third-order valence-electron chi connectivity index (χ3n) is 2.31. The smallest absolute Gasteiger partial charge is 0.107 e. The summed E-state index contributed by atoms with van der Waals surface area (Å²) in [6, 6.07) is 6.46. The molecule has 2 unspecified atom stereocenters. The number of hydrogen-bond acceptors (Lipinski definition) is 3. The molecular weight excluding hydrogens is 197 g/mol. The van der Waals surface area contributed by atoms with Gasteiger partial charge in [0.2, 0.25) is 0 Å². The quantitative estimate of drug-likeness (QED) is 0.771. The molecule has 84 valence electrons. The Kier molecular flexibility index (Phi) is 4.68. The summed E-state index contributed by atoms with van der Waals surface area (Å²) in [5.74, 6) is 0. The molecule has 0 fully saturated rings.